The summed E-state index contributed by atoms with van der Waals surface area (Å²) in [7, 11) is 1.76. The Balaban J connectivity index is 1.48. The van der Waals surface area contributed by atoms with Crippen LogP contribution in [0, 0.1) is 6.92 Å². The van der Waals surface area contributed by atoms with Gasteiger partial charge in [0.15, 0.2) is 0 Å². The van der Waals surface area contributed by atoms with E-state index in [1.165, 1.54) is 5.56 Å². The molecule has 0 radical (unpaired) electrons. The maximum Gasteiger partial charge on any atom is 0.292 e. The van der Waals surface area contributed by atoms with Gasteiger partial charge in [-0.3, -0.25) is 9.48 Å². The molecule has 2 aromatic heterocycles. The highest BCUT2D eigenvalue weighted by Crippen LogP contribution is 2.30. The second-order valence-electron chi connectivity index (χ2n) is 7.27. The number of aryl methyl sites for hydroxylation is 1. The molecule has 0 saturated carbocycles. The molecule has 1 aromatic carbocycles. The van der Waals surface area contributed by atoms with Gasteiger partial charge in [0, 0.05) is 43.9 Å². The van der Waals surface area contributed by atoms with E-state index in [4.69, 9.17) is 9.26 Å². The van der Waals surface area contributed by atoms with E-state index in [0.717, 1.165) is 35.5 Å². The number of aromatic nitrogens is 3. The fraction of sp³-hybridized carbons (Fsp3) is 0.381. The zero-order chi connectivity index (χ0) is 19.8. The monoisotopic (exact) mass is 380 g/mol. The van der Waals surface area contributed by atoms with Gasteiger partial charge in [-0.1, -0.05) is 17.3 Å². The van der Waals surface area contributed by atoms with Crippen molar-refractivity contribution in [2.24, 2.45) is 0 Å². The van der Waals surface area contributed by atoms with Gasteiger partial charge in [0.05, 0.1) is 6.20 Å². The molecule has 7 nitrogen and oxygen atoms in total. The van der Waals surface area contributed by atoms with Gasteiger partial charge in [-0.25, -0.2) is 0 Å². The van der Waals surface area contributed by atoms with E-state index in [1.807, 2.05) is 30.7 Å². The lowest BCUT2D eigenvalue weighted by Crippen LogP contribution is -2.25. The molecule has 1 aliphatic rings. The van der Waals surface area contributed by atoms with E-state index < -0.39 is 0 Å². The summed E-state index contributed by atoms with van der Waals surface area (Å²) in [6, 6.07) is 7.76. The van der Waals surface area contributed by atoms with E-state index >= 15 is 0 Å². The fourth-order valence-corrected chi connectivity index (χ4v) is 3.63. The van der Waals surface area contributed by atoms with Crippen LogP contribution in [0.4, 0.5) is 0 Å². The van der Waals surface area contributed by atoms with Gasteiger partial charge in [-0.15, -0.1) is 0 Å². The summed E-state index contributed by atoms with van der Waals surface area (Å²) >= 11 is 0. The number of ether oxygens (including phenoxy) is 1. The molecule has 0 spiro atoms. The Morgan fingerprint density at radius 2 is 2.18 bits per heavy atom. The first kappa shape index (κ1) is 18.3. The highest BCUT2D eigenvalue weighted by molar-refractivity contribution is 5.92. The molecule has 1 atom stereocenters. The molecule has 3 aromatic rings. The minimum Gasteiger partial charge on any atom is -0.490 e. The predicted molar refractivity (Wildman–Crippen MR) is 104 cm³/mol. The van der Waals surface area contributed by atoms with E-state index in [9.17, 15) is 4.79 Å². The van der Waals surface area contributed by atoms with Crippen molar-refractivity contribution in [1.29, 1.82) is 0 Å². The van der Waals surface area contributed by atoms with Gasteiger partial charge in [0.25, 0.3) is 5.91 Å². The molecule has 0 unspecified atom stereocenters. The molecule has 7 heteroatoms. The first-order valence-corrected chi connectivity index (χ1v) is 9.49. The second kappa shape index (κ2) is 7.14. The van der Waals surface area contributed by atoms with Crippen molar-refractivity contribution in [1.82, 2.24) is 19.8 Å². The van der Waals surface area contributed by atoms with Crippen LogP contribution in [0.15, 0.2) is 35.0 Å². The molecule has 4 rings (SSSR count). The van der Waals surface area contributed by atoms with E-state index in [2.05, 4.69) is 23.2 Å². The molecular formula is C21H24N4O3. The Bertz CT molecular complexity index is 1020. The lowest BCUT2D eigenvalue weighted by molar-refractivity contribution is 0.0743. The van der Waals surface area contributed by atoms with Gasteiger partial charge in [-0.2, -0.15) is 5.10 Å². The normalized spacial score (nSPS) is 15.4. The van der Waals surface area contributed by atoms with Crippen LogP contribution in [0.1, 0.15) is 41.2 Å². The third-order valence-corrected chi connectivity index (χ3v) is 5.13. The quantitative estimate of drug-likeness (QED) is 0.678. The molecule has 3 heterocycles. The highest BCUT2D eigenvalue weighted by Gasteiger charge is 2.22. The Labute approximate surface area is 163 Å². The zero-order valence-electron chi connectivity index (χ0n) is 16.6. The molecule has 1 amide bonds. The van der Waals surface area contributed by atoms with Gasteiger partial charge < -0.3 is 14.2 Å². The highest BCUT2D eigenvalue weighted by atomic mass is 16.5. The summed E-state index contributed by atoms with van der Waals surface area (Å²) in [4.78, 5) is 14.4. The van der Waals surface area contributed by atoms with Crippen LogP contribution in [-0.2, 0) is 19.5 Å². The Morgan fingerprint density at radius 3 is 2.93 bits per heavy atom. The smallest absolute Gasteiger partial charge is 0.292 e. The number of benzene rings is 1. The van der Waals surface area contributed by atoms with Crippen molar-refractivity contribution in [3.05, 3.63) is 53.0 Å². The number of fused-ring (bicyclic) bond motifs is 1. The average Bonchev–Trinajstić information content (AvgIpc) is 3.37. The Kier molecular flexibility index (Phi) is 4.66. The maximum absolute atomic E-state index is 12.8. The van der Waals surface area contributed by atoms with E-state index in [0.29, 0.717) is 12.2 Å². The predicted octanol–water partition coefficient (Wildman–Crippen LogP) is 3.46. The van der Waals surface area contributed by atoms with Crippen LogP contribution in [0.25, 0.3) is 11.3 Å². The number of nitrogens with zero attached hydrogens (tertiary/aromatic N) is 4. The molecule has 1 aliphatic heterocycles. The largest absolute Gasteiger partial charge is 0.490 e. The van der Waals surface area contributed by atoms with Crippen LogP contribution in [0.3, 0.4) is 0 Å². The summed E-state index contributed by atoms with van der Waals surface area (Å²) in [5.74, 6) is 0.955. The number of amides is 1. The summed E-state index contributed by atoms with van der Waals surface area (Å²) in [5, 5.41) is 8.39. The number of carbonyl (C=O) groups is 1. The third kappa shape index (κ3) is 3.28. The molecule has 0 saturated heterocycles. The average molecular weight is 380 g/mol. The molecular weight excluding hydrogens is 356 g/mol. The topological polar surface area (TPSA) is 73.4 Å². The van der Waals surface area contributed by atoms with Crippen molar-refractivity contribution in [3.8, 4) is 17.0 Å². The number of rotatable bonds is 5. The number of hydrogen-bond donors (Lipinski definition) is 0. The van der Waals surface area contributed by atoms with Crippen molar-refractivity contribution in [2.75, 3.05) is 7.05 Å². The minimum atomic E-state index is -0.204. The third-order valence-electron chi connectivity index (χ3n) is 5.13. The van der Waals surface area contributed by atoms with Crippen LogP contribution >= 0.6 is 0 Å². The van der Waals surface area contributed by atoms with Crippen molar-refractivity contribution in [2.45, 2.75) is 46.4 Å². The van der Waals surface area contributed by atoms with Crippen molar-refractivity contribution in [3.63, 3.8) is 0 Å². The summed E-state index contributed by atoms with van der Waals surface area (Å²) in [6.07, 6.45) is 2.86. The molecule has 0 N–H and O–H groups in total. The fourth-order valence-electron chi connectivity index (χ4n) is 3.63. The molecule has 0 aliphatic carbocycles. The summed E-state index contributed by atoms with van der Waals surface area (Å²) < 4.78 is 12.9. The van der Waals surface area contributed by atoms with Crippen molar-refractivity contribution < 1.29 is 14.1 Å². The molecule has 0 fully saturated rings. The van der Waals surface area contributed by atoms with Gasteiger partial charge >= 0.3 is 0 Å². The van der Waals surface area contributed by atoms with Gasteiger partial charge in [0.1, 0.15) is 17.5 Å². The minimum absolute atomic E-state index is 0.204. The maximum atomic E-state index is 12.8. The SMILES string of the molecule is CCn1ncc(-c2cc(C(=O)N(C)Cc3ccc4c(c3)C[C@H](C)O4)on2)c1C. The van der Waals surface area contributed by atoms with E-state index in [1.54, 1.807) is 24.2 Å². The second-order valence-corrected chi connectivity index (χ2v) is 7.27. The van der Waals surface area contributed by atoms with Crippen LogP contribution in [-0.4, -0.2) is 38.9 Å². The standard InChI is InChI=1S/C21H24N4O3/c1-5-25-14(3)17(11-22-25)18-10-20(28-23-18)21(26)24(4)12-15-6-7-19-16(9-15)8-13(2)27-19/h6-7,9-11,13H,5,8,12H2,1-4H3/t13-/m0/s1. The number of hydrogen-bond acceptors (Lipinski definition) is 5. The first-order valence-electron chi connectivity index (χ1n) is 9.49. The van der Waals surface area contributed by atoms with Crippen LogP contribution < -0.4 is 4.74 Å². The van der Waals surface area contributed by atoms with Crippen LogP contribution in [0.2, 0.25) is 0 Å². The molecule has 28 heavy (non-hydrogen) atoms. The Morgan fingerprint density at radius 1 is 1.36 bits per heavy atom. The van der Waals surface area contributed by atoms with Crippen molar-refractivity contribution >= 4 is 5.91 Å². The van der Waals surface area contributed by atoms with Crippen LogP contribution in [0.5, 0.6) is 5.75 Å². The van der Waals surface area contributed by atoms with E-state index in [-0.39, 0.29) is 17.8 Å². The summed E-state index contributed by atoms with van der Waals surface area (Å²) in [5.41, 5.74) is 4.75. The number of carbonyl (C=O) groups excluding carboxylic acids is 1. The molecule has 0 bridgehead atoms. The summed E-state index contributed by atoms with van der Waals surface area (Å²) in [6.45, 7) is 7.34. The Hall–Kier alpha value is -3.09. The first-order chi connectivity index (χ1) is 13.5. The zero-order valence-corrected chi connectivity index (χ0v) is 16.6. The lowest BCUT2D eigenvalue weighted by atomic mass is 10.1. The lowest BCUT2D eigenvalue weighted by Gasteiger charge is -2.15. The van der Waals surface area contributed by atoms with Gasteiger partial charge in [-0.05, 0) is 38.0 Å². The molecule has 146 valence electrons. The van der Waals surface area contributed by atoms with Gasteiger partial charge in [0.2, 0.25) is 5.76 Å².